The number of furan rings is 1. The second kappa shape index (κ2) is 4.27. The highest BCUT2D eigenvalue weighted by molar-refractivity contribution is 7.09. The molecule has 0 aliphatic rings. The van der Waals surface area contributed by atoms with E-state index in [1.54, 1.807) is 24.7 Å². The molecule has 2 heterocycles. The van der Waals surface area contributed by atoms with Gasteiger partial charge in [-0.15, -0.1) is 11.3 Å². The number of aromatic nitrogens is 1. The summed E-state index contributed by atoms with van der Waals surface area (Å²) in [5, 5.41) is 0. The first-order valence-corrected chi connectivity index (χ1v) is 5.24. The SMILES string of the molecule is Cc1occc1C(=O)OCc1cncs1. The minimum Gasteiger partial charge on any atom is -0.469 e. The number of esters is 1. The van der Waals surface area contributed by atoms with Gasteiger partial charge in [-0.2, -0.15) is 0 Å². The first kappa shape index (κ1) is 9.92. The van der Waals surface area contributed by atoms with Crippen LogP contribution in [0.2, 0.25) is 0 Å². The summed E-state index contributed by atoms with van der Waals surface area (Å²) >= 11 is 1.45. The van der Waals surface area contributed by atoms with Gasteiger partial charge >= 0.3 is 5.97 Å². The molecule has 0 aromatic carbocycles. The Morgan fingerprint density at radius 1 is 1.67 bits per heavy atom. The zero-order chi connectivity index (χ0) is 10.7. The molecular weight excluding hydrogens is 214 g/mol. The average molecular weight is 223 g/mol. The lowest BCUT2D eigenvalue weighted by molar-refractivity contribution is 0.0474. The molecule has 78 valence electrons. The summed E-state index contributed by atoms with van der Waals surface area (Å²) < 4.78 is 10.1. The Balaban J connectivity index is 1.96. The first-order valence-electron chi connectivity index (χ1n) is 4.36. The highest BCUT2D eigenvalue weighted by Gasteiger charge is 2.12. The van der Waals surface area contributed by atoms with E-state index in [0.717, 1.165) is 4.88 Å². The van der Waals surface area contributed by atoms with Gasteiger partial charge in [0.1, 0.15) is 17.9 Å². The Bertz CT molecular complexity index is 447. The maximum Gasteiger partial charge on any atom is 0.342 e. The molecule has 0 atom stereocenters. The van der Waals surface area contributed by atoms with Gasteiger partial charge in [-0.25, -0.2) is 4.79 Å². The number of ether oxygens (including phenoxy) is 1. The molecule has 0 aliphatic carbocycles. The van der Waals surface area contributed by atoms with Crippen LogP contribution in [0.1, 0.15) is 21.0 Å². The number of rotatable bonds is 3. The fraction of sp³-hybridized carbons (Fsp3) is 0.200. The van der Waals surface area contributed by atoms with Crippen molar-refractivity contribution in [2.24, 2.45) is 0 Å². The number of thiazole rings is 1. The third-order valence-corrected chi connectivity index (χ3v) is 2.66. The Kier molecular flexibility index (Phi) is 2.82. The van der Waals surface area contributed by atoms with Gasteiger partial charge in [0, 0.05) is 6.20 Å². The number of nitrogens with zero attached hydrogens (tertiary/aromatic N) is 1. The van der Waals surface area contributed by atoms with Crippen LogP contribution in [-0.2, 0) is 11.3 Å². The van der Waals surface area contributed by atoms with Crippen LogP contribution in [0.5, 0.6) is 0 Å². The lowest BCUT2D eigenvalue weighted by atomic mass is 10.3. The van der Waals surface area contributed by atoms with Crippen LogP contribution >= 0.6 is 11.3 Å². The number of aryl methyl sites for hydroxylation is 1. The largest absolute Gasteiger partial charge is 0.469 e. The molecule has 0 saturated heterocycles. The van der Waals surface area contributed by atoms with Crippen LogP contribution in [-0.4, -0.2) is 11.0 Å². The molecular formula is C10H9NO3S. The predicted molar refractivity (Wildman–Crippen MR) is 54.7 cm³/mol. The third kappa shape index (κ3) is 2.24. The highest BCUT2D eigenvalue weighted by atomic mass is 32.1. The van der Waals surface area contributed by atoms with E-state index in [1.165, 1.54) is 17.6 Å². The van der Waals surface area contributed by atoms with Crippen LogP contribution in [0, 0.1) is 6.92 Å². The monoisotopic (exact) mass is 223 g/mol. The average Bonchev–Trinajstić information content (AvgIpc) is 2.84. The van der Waals surface area contributed by atoms with E-state index in [9.17, 15) is 4.79 Å². The van der Waals surface area contributed by atoms with Crippen molar-refractivity contribution in [3.05, 3.63) is 40.2 Å². The minimum absolute atomic E-state index is 0.258. The lowest BCUT2D eigenvalue weighted by Crippen LogP contribution is -2.04. The van der Waals surface area contributed by atoms with Crippen molar-refractivity contribution in [3.8, 4) is 0 Å². The predicted octanol–water partition coefficient (Wildman–Crippen LogP) is 2.40. The van der Waals surface area contributed by atoms with Gasteiger partial charge in [-0.1, -0.05) is 0 Å². The molecule has 2 aromatic heterocycles. The molecule has 5 heteroatoms. The Morgan fingerprint density at radius 2 is 2.53 bits per heavy atom. The van der Waals surface area contributed by atoms with Crippen LogP contribution < -0.4 is 0 Å². The third-order valence-electron chi connectivity index (χ3n) is 1.91. The molecule has 15 heavy (non-hydrogen) atoms. The standard InChI is InChI=1S/C10H9NO3S/c1-7-9(2-3-13-7)10(12)14-5-8-4-11-6-15-8/h2-4,6H,5H2,1H3. The summed E-state index contributed by atoms with van der Waals surface area (Å²) in [6.07, 6.45) is 3.15. The normalized spacial score (nSPS) is 10.2. The summed E-state index contributed by atoms with van der Waals surface area (Å²) in [6, 6.07) is 1.60. The van der Waals surface area contributed by atoms with E-state index in [2.05, 4.69) is 4.98 Å². The first-order chi connectivity index (χ1) is 7.27. The molecule has 0 unspecified atom stereocenters. The summed E-state index contributed by atoms with van der Waals surface area (Å²) in [7, 11) is 0. The molecule has 0 saturated carbocycles. The molecule has 2 aromatic rings. The highest BCUT2D eigenvalue weighted by Crippen LogP contribution is 2.13. The van der Waals surface area contributed by atoms with Crippen molar-refractivity contribution in [1.29, 1.82) is 0 Å². The number of hydrogen-bond acceptors (Lipinski definition) is 5. The van der Waals surface area contributed by atoms with E-state index in [-0.39, 0.29) is 12.6 Å². The molecule has 0 spiro atoms. The van der Waals surface area contributed by atoms with Gasteiger partial charge in [0.15, 0.2) is 0 Å². The lowest BCUT2D eigenvalue weighted by Gasteiger charge is -2.00. The fourth-order valence-corrected chi connectivity index (χ4v) is 1.63. The zero-order valence-electron chi connectivity index (χ0n) is 8.10. The topological polar surface area (TPSA) is 52.3 Å². The molecule has 2 rings (SSSR count). The van der Waals surface area contributed by atoms with E-state index in [1.807, 2.05) is 0 Å². The van der Waals surface area contributed by atoms with Crippen molar-refractivity contribution in [2.45, 2.75) is 13.5 Å². The summed E-state index contributed by atoms with van der Waals surface area (Å²) in [4.78, 5) is 16.3. The Morgan fingerprint density at radius 3 is 3.13 bits per heavy atom. The Labute approximate surface area is 90.5 Å². The van der Waals surface area contributed by atoms with Crippen LogP contribution in [0.3, 0.4) is 0 Å². The van der Waals surface area contributed by atoms with Crippen molar-refractivity contribution >= 4 is 17.3 Å². The number of hydrogen-bond donors (Lipinski definition) is 0. The molecule has 0 bridgehead atoms. The maximum absolute atomic E-state index is 11.5. The van der Waals surface area contributed by atoms with Crippen LogP contribution in [0.4, 0.5) is 0 Å². The fourth-order valence-electron chi connectivity index (χ4n) is 1.12. The van der Waals surface area contributed by atoms with Gasteiger partial charge in [0.05, 0.1) is 16.7 Å². The van der Waals surface area contributed by atoms with E-state index in [0.29, 0.717) is 11.3 Å². The van der Waals surface area contributed by atoms with E-state index in [4.69, 9.17) is 9.15 Å². The number of carbonyl (C=O) groups excluding carboxylic acids is 1. The van der Waals surface area contributed by atoms with Gasteiger partial charge < -0.3 is 9.15 Å². The van der Waals surface area contributed by atoms with Crippen LogP contribution in [0.15, 0.2) is 28.5 Å². The van der Waals surface area contributed by atoms with Gasteiger partial charge in [0.25, 0.3) is 0 Å². The van der Waals surface area contributed by atoms with Crippen molar-refractivity contribution < 1.29 is 13.9 Å². The summed E-state index contributed by atoms with van der Waals surface area (Å²) in [5.74, 6) is 0.207. The maximum atomic E-state index is 11.5. The van der Waals surface area contributed by atoms with Crippen molar-refractivity contribution in [3.63, 3.8) is 0 Å². The zero-order valence-corrected chi connectivity index (χ0v) is 8.91. The molecule has 0 amide bonds. The minimum atomic E-state index is -0.366. The molecule has 0 fully saturated rings. The smallest absolute Gasteiger partial charge is 0.342 e. The number of carbonyl (C=O) groups is 1. The van der Waals surface area contributed by atoms with Gasteiger partial charge in [-0.3, -0.25) is 4.98 Å². The Hall–Kier alpha value is -1.62. The second-order valence-corrected chi connectivity index (χ2v) is 3.91. The van der Waals surface area contributed by atoms with Gasteiger partial charge in [-0.05, 0) is 13.0 Å². The molecule has 4 nitrogen and oxygen atoms in total. The second-order valence-electron chi connectivity index (χ2n) is 2.93. The van der Waals surface area contributed by atoms with E-state index < -0.39 is 0 Å². The van der Waals surface area contributed by atoms with Crippen LogP contribution in [0.25, 0.3) is 0 Å². The summed E-state index contributed by atoms with van der Waals surface area (Å²) in [6.45, 7) is 1.98. The van der Waals surface area contributed by atoms with Crippen molar-refractivity contribution in [1.82, 2.24) is 4.98 Å². The molecule has 0 radical (unpaired) electrons. The van der Waals surface area contributed by atoms with Gasteiger partial charge in [0.2, 0.25) is 0 Å². The molecule has 0 N–H and O–H groups in total. The van der Waals surface area contributed by atoms with Crippen molar-refractivity contribution in [2.75, 3.05) is 0 Å². The molecule has 0 aliphatic heterocycles. The summed E-state index contributed by atoms with van der Waals surface area (Å²) in [5.41, 5.74) is 2.17. The quantitative estimate of drug-likeness (QED) is 0.750. The van der Waals surface area contributed by atoms with E-state index >= 15 is 0 Å².